The van der Waals surface area contributed by atoms with Crippen LogP contribution in [0.1, 0.15) is 5.56 Å². The van der Waals surface area contributed by atoms with Gasteiger partial charge in [-0.05, 0) is 48.9 Å². The van der Waals surface area contributed by atoms with E-state index in [-0.39, 0.29) is 0 Å². The van der Waals surface area contributed by atoms with Crippen molar-refractivity contribution in [3.63, 3.8) is 0 Å². The molecule has 22 heavy (non-hydrogen) atoms. The van der Waals surface area contributed by atoms with Crippen LogP contribution in [0.15, 0.2) is 42.6 Å². The Balaban J connectivity index is 2.35. The molecule has 3 aromatic rings. The number of rotatable bonds is 3. The van der Waals surface area contributed by atoms with Crippen LogP contribution < -0.4 is 10.1 Å². The summed E-state index contributed by atoms with van der Waals surface area (Å²) in [6.07, 6.45) is 1.87. The second kappa shape index (κ2) is 5.28. The first kappa shape index (κ1) is 14.8. The SMILES string of the molecule is COc1ccc(-n2c([Si](C)(C)C)c(C)c3cccnc32)cc1. The van der Waals surface area contributed by atoms with Crippen LogP contribution in [0.4, 0.5) is 0 Å². The van der Waals surface area contributed by atoms with Gasteiger partial charge in [-0.15, -0.1) is 0 Å². The predicted octanol–water partition coefficient (Wildman–Crippen LogP) is 3.89. The third kappa shape index (κ3) is 2.33. The summed E-state index contributed by atoms with van der Waals surface area (Å²) in [5.41, 5.74) is 3.55. The van der Waals surface area contributed by atoms with Crippen LogP contribution in [0.2, 0.25) is 19.6 Å². The van der Waals surface area contributed by atoms with Gasteiger partial charge in [0.05, 0.1) is 15.2 Å². The van der Waals surface area contributed by atoms with Crippen molar-refractivity contribution in [2.24, 2.45) is 0 Å². The molecule has 0 bridgehead atoms. The highest BCUT2D eigenvalue weighted by Gasteiger charge is 2.27. The minimum absolute atomic E-state index is 0.874. The minimum Gasteiger partial charge on any atom is -0.497 e. The number of methoxy groups -OCH3 is 1. The summed E-state index contributed by atoms with van der Waals surface area (Å²) in [4.78, 5) is 4.65. The van der Waals surface area contributed by atoms with Crippen LogP contribution in [0, 0.1) is 6.92 Å². The van der Waals surface area contributed by atoms with E-state index in [1.54, 1.807) is 7.11 Å². The average Bonchev–Trinajstić information content (AvgIpc) is 2.81. The van der Waals surface area contributed by atoms with E-state index >= 15 is 0 Å². The molecule has 0 amide bonds. The zero-order valence-electron chi connectivity index (χ0n) is 13.8. The third-order valence-corrected chi connectivity index (χ3v) is 6.04. The topological polar surface area (TPSA) is 27.1 Å². The first-order valence-electron chi connectivity index (χ1n) is 7.54. The van der Waals surface area contributed by atoms with Crippen molar-refractivity contribution in [2.75, 3.05) is 7.11 Å². The van der Waals surface area contributed by atoms with Gasteiger partial charge in [0.1, 0.15) is 11.4 Å². The lowest BCUT2D eigenvalue weighted by atomic mass is 10.2. The lowest BCUT2D eigenvalue weighted by molar-refractivity contribution is 0.415. The molecule has 0 atom stereocenters. The molecule has 0 radical (unpaired) electrons. The largest absolute Gasteiger partial charge is 0.497 e. The summed E-state index contributed by atoms with van der Waals surface area (Å²) in [5, 5.41) is 2.68. The molecule has 0 aliphatic carbocycles. The molecule has 4 heteroatoms. The second-order valence-corrected chi connectivity index (χ2v) is 11.6. The van der Waals surface area contributed by atoms with Gasteiger partial charge in [-0.25, -0.2) is 4.98 Å². The van der Waals surface area contributed by atoms with Gasteiger partial charge in [0.15, 0.2) is 0 Å². The molecule has 0 N–H and O–H groups in total. The summed E-state index contributed by atoms with van der Waals surface area (Å²) in [5.74, 6) is 0.874. The maximum Gasteiger partial charge on any atom is 0.144 e. The van der Waals surface area contributed by atoms with Gasteiger partial charge in [-0.3, -0.25) is 0 Å². The quantitative estimate of drug-likeness (QED) is 0.686. The van der Waals surface area contributed by atoms with Crippen LogP contribution >= 0.6 is 0 Å². The fraction of sp³-hybridized carbons (Fsp3) is 0.278. The number of hydrogen-bond donors (Lipinski definition) is 0. The minimum atomic E-state index is -1.52. The lowest BCUT2D eigenvalue weighted by Gasteiger charge is -2.21. The van der Waals surface area contributed by atoms with Crippen LogP contribution in [-0.4, -0.2) is 24.7 Å². The van der Waals surface area contributed by atoms with Crippen molar-refractivity contribution >= 4 is 24.4 Å². The number of hydrogen-bond acceptors (Lipinski definition) is 2. The first-order valence-corrected chi connectivity index (χ1v) is 11.0. The number of pyridine rings is 1. The molecule has 0 saturated heterocycles. The summed E-state index contributed by atoms with van der Waals surface area (Å²) in [7, 11) is 0.175. The maximum absolute atomic E-state index is 5.28. The molecule has 3 rings (SSSR count). The zero-order chi connectivity index (χ0) is 15.9. The summed E-state index contributed by atoms with van der Waals surface area (Å²) < 4.78 is 7.61. The standard InChI is InChI=1S/C18H22N2OSi/c1-13-16-7-6-12-19-17(16)20(18(13)22(3,4)5)14-8-10-15(21-2)11-9-14/h6-12H,1-5H3. The first-order chi connectivity index (χ1) is 10.4. The van der Waals surface area contributed by atoms with Gasteiger partial charge in [0, 0.05) is 22.6 Å². The number of nitrogens with zero attached hydrogens (tertiary/aromatic N) is 2. The van der Waals surface area contributed by atoms with Gasteiger partial charge in [0.25, 0.3) is 0 Å². The van der Waals surface area contributed by atoms with Crippen molar-refractivity contribution in [3.05, 3.63) is 48.2 Å². The Kier molecular flexibility index (Phi) is 3.57. The number of ether oxygens (including phenoxy) is 1. The van der Waals surface area contributed by atoms with Crippen molar-refractivity contribution in [1.82, 2.24) is 9.55 Å². The van der Waals surface area contributed by atoms with Crippen molar-refractivity contribution in [2.45, 2.75) is 26.6 Å². The van der Waals surface area contributed by atoms with Crippen LogP contribution in [0.3, 0.4) is 0 Å². The Morgan fingerprint density at radius 1 is 1.05 bits per heavy atom. The third-order valence-electron chi connectivity index (χ3n) is 4.02. The summed E-state index contributed by atoms with van der Waals surface area (Å²) >= 11 is 0. The lowest BCUT2D eigenvalue weighted by Crippen LogP contribution is -2.43. The van der Waals surface area contributed by atoms with E-state index in [9.17, 15) is 0 Å². The van der Waals surface area contributed by atoms with Crippen molar-refractivity contribution in [1.29, 1.82) is 0 Å². The van der Waals surface area contributed by atoms with E-state index < -0.39 is 8.07 Å². The van der Waals surface area contributed by atoms with Gasteiger partial charge in [0.2, 0.25) is 0 Å². The van der Waals surface area contributed by atoms with Crippen LogP contribution in [0.5, 0.6) is 5.75 Å². The van der Waals surface area contributed by atoms with E-state index in [0.29, 0.717) is 0 Å². The monoisotopic (exact) mass is 310 g/mol. The van der Waals surface area contributed by atoms with Crippen molar-refractivity contribution in [3.8, 4) is 11.4 Å². The molecular formula is C18H22N2OSi. The van der Waals surface area contributed by atoms with E-state index in [0.717, 1.165) is 17.1 Å². The van der Waals surface area contributed by atoms with Crippen LogP contribution in [0.25, 0.3) is 16.7 Å². The predicted molar refractivity (Wildman–Crippen MR) is 95.3 cm³/mol. The molecule has 0 aliphatic rings. The van der Waals surface area contributed by atoms with Crippen molar-refractivity contribution < 1.29 is 4.74 Å². The molecule has 0 spiro atoms. The molecule has 3 nitrogen and oxygen atoms in total. The fourth-order valence-electron chi connectivity index (χ4n) is 3.15. The normalized spacial score (nSPS) is 11.9. The van der Waals surface area contributed by atoms with E-state index in [1.807, 2.05) is 24.4 Å². The average molecular weight is 310 g/mol. The smallest absolute Gasteiger partial charge is 0.144 e. The van der Waals surface area contributed by atoms with Gasteiger partial charge >= 0.3 is 0 Å². The number of benzene rings is 1. The van der Waals surface area contributed by atoms with E-state index in [1.165, 1.54) is 16.3 Å². The number of aromatic nitrogens is 2. The van der Waals surface area contributed by atoms with Gasteiger partial charge in [-0.1, -0.05) is 19.6 Å². The summed E-state index contributed by atoms with van der Waals surface area (Å²) in [6.45, 7) is 9.37. The highest BCUT2D eigenvalue weighted by molar-refractivity contribution is 6.88. The van der Waals surface area contributed by atoms with Gasteiger partial charge in [-0.2, -0.15) is 0 Å². The molecule has 114 valence electrons. The Hall–Kier alpha value is -2.07. The molecule has 0 unspecified atom stereocenters. The van der Waals surface area contributed by atoms with Gasteiger partial charge < -0.3 is 9.30 Å². The Labute approximate surface area is 132 Å². The van der Waals surface area contributed by atoms with Crippen LogP contribution in [-0.2, 0) is 0 Å². The summed E-state index contributed by atoms with van der Waals surface area (Å²) in [6, 6.07) is 12.4. The fourth-order valence-corrected chi connectivity index (χ4v) is 5.32. The maximum atomic E-state index is 5.28. The number of aryl methyl sites for hydroxylation is 1. The van der Waals surface area contributed by atoms with E-state index in [4.69, 9.17) is 4.74 Å². The van der Waals surface area contributed by atoms with E-state index in [2.05, 4.69) is 54.3 Å². The Bertz CT molecular complexity index is 813. The Morgan fingerprint density at radius 2 is 1.73 bits per heavy atom. The molecule has 1 aromatic carbocycles. The molecular weight excluding hydrogens is 288 g/mol. The molecule has 0 aliphatic heterocycles. The second-order valence-electron chi connectivity index (χ2n) is 6.63. The highest BCUT2D eigenvalue weighted by atomic mass is 28.3. The zero-order valence-corrected chi connectivity index (χ0v) is 14.8. The molecule has 2 aromatic heterocycles. The molecule has 2 heterocycles. The Morgan fingerprint density at radius 3 is 2.32 bits per heavy atom. The molecule has 0 saturated carbocycles. The number of fused-ring (bicyclic) bond motifs is 1. The highest BCUT2D eigenvalue weighted by Crippen LogP contribution is 2.25. The molecule has 0 fully saturated rings.